The second-order valence-electron chi connectivity index (χ2n) is 8.25. The molecule has 1 atom stereocenters. The molecule has 1 aliphatic heterocycles. The van der Waals surface area contributed by atoms with Crippen molar-refractivity contribution in [1.29, 1.82) is 0 Å². The molecule has 3 heterocycles. The Kier molecular flexibility index (Phi) is 5.88. The van der Waals surface area contributed by atoms with Gasteiger partial charge in [0.15, 0.2) is 11.0 Å². The molecule has 4 aromatic rings. The molecule has 1 saturated heterocycles. The van der Waals surface area contributed by atoms with Crippen LogP contribution in [0.5, 0.6) is 0 Å². The molecule has 0 bridgehead atoms. The third-order valence-corrected chi connectivity index (χ3v) is 6.99. The van der Waals surface area contributed by atoms with Crippen LogP contribution in [0.1, 0.15) is 18.3 Å². The second kappa shape index (κ2) is 8.97. The Morgan fingerprint density at radius 2 is 1.73 bits per heavy atom. The SMILES string of the molecule is C[C@](N)(c1ccccc1)c1nccc(-c2sc(N3CCNCC3)nc2-c2ccc(F)cc2)n1. The summed E-state index contributed by atoms with van der Waals surface area (Å²) >= 11 is 1.60. The number of thiazole rings is 1. The summed E-state index contributed by atoms with van der Waals surface area (Å²) in [5, 5.41) is 4.31. The Balaban J connectivity index is 1.60. The average Bonchev–Trinajstić information content (AvgIpc) is 3.31. The van der Waals surface area contributed by atoms with Crippen LogP contribution >= 0.6 is 11.3 Å². The Morgan fingerprint density at radius 1 is 1.00 bits per heavy atom. The van der Waals surface area contributed by atoms with E-state index in [2.05, 4.69) is 15.2 Å². The number of nitrogens with zero attached hydrogens (tertiary/aromatic N) is 4. The summed E-state index contributed by atoms with van der Waals surface area (Å²) in [4.78, 5) is 17.5. The highest BCUT2D eigenvalue weighted by Gasteiger charge is 2.28. The van der Waals surface area contributed by atoms with Crippen LogP contribution in [0.15, 0.2) is 66.9 Å². The number of rotatable bonds is 5. The van der Waals surface area contributed by atoms with Crippen LogP contribution in [0.2, 0.25) is 0 Å². The van der Waals surface area contributed by atoms with Crippen molar-refractivity contribution in [2.75, 3.05) is 31.1 Å². The largest absolute Gasteiger partial charge is 0.346 e. The average molecular weight is 461 g/mol. The fourth-order valence-corrected chi connectivity index (χ4v) is 5.04. The summed E-state index contributed by atoms with van der Waals surface area (Å²) in [6.07, 6.45) is 1.74. The van der Waals surface area contributed by atoms with Crippen LogP contribution in [0.3, 0.4) is 0 Å². The van der Waals surface area contributed by atoms with Crippen LogP contribution in [0.25, 0.3) is 21.8 Å². The molecule has 33 heavy (non-hydrogen) atoms. The van der Waals surface area contributed by atoms with Crippen LogP contribution in [-0.2, 0) is 5.54 Å². The highest BCUT2D eigenvalue weighted by molar-refractivity contribution is 7.19. The van der Waals surface area contributed by atoms with Crippen molar-refractivity contribution in [2.24, 2.45) is 5.73 Å². The molecule has 0 spiro atoms. The first kappa shape index (κ1) is 21.6. The minimum Gasteiger partial charge on any atom is -0.346 e. The third-order valence-electron chi connectivity index (χ3n) is 5.85. The fraction of sp³-hybridized carbons (Fsp3) is 0.240. The van der Waals surface area contributed by atoms with E-state index in [0.717, 1.165) is 58.7 Å². The molecule has 168 valence electrons. The van der Waals surface area contributed by atoms with Crippen molar-refractivity contribution in [3.8, 4) is 21.8 Å². The van der Waals surface area contributed by atoms with Gasteiger partial charge in [-0.2, -0.15) is 0 Å². The number of nitrogens with two attached hydrogens (primary N) is 1. The maximum atomic E-state index is 13.6. The predicted octanol–water partition coefficient (Wildman–Crippen LogP) is 4.04. The summed E-state index contributed by atoms with van der Waals surface area (Å²) in [6, 6.07) is 18.2. The first-order valence-corrected chi connectivity index (χ1v) is 11.7. The van der Waals surface area contributed by atoms with Gasteiger partial charge in [-0.1, -0.05) is 41.7 Å². The molecule has 1 fully saturated rings. The number of hydrogen-bond acceptors (Lipinski definition) is 7. The lowest BCUT2D eigenvalue weighted by atomic mass is 9.92. The zero-order chi connectivity index (χ0) is 22.8. The normalized spacial score (nSPS) is 15.9. The van der Waals surface area contributed by atoms with E-state index in [4.69, 9.17) is 15.7 Å². The van der Waals surface area contributed by atoms with Gasteiger partial charge in [-0.05, 0) is 42.8 Å². The molecule has 5 rings (SSSR count). The third kappa shape index (κ3) is 4.37. The summed E-state index contributed by atoms with van der Waals surface area (Å²) in [7, 11) is 0. The first-order chi connectivity index (χ1) is 16.0. The molecule has 2 aromatic heterocycles. The lowest BCUT2D eigenvalue weighted by molar-refractivity contribution is 0.558. The van der Waals surface area contributed by atoms with Gasteiger partial charge in [0.2, 0.25) is 0 Å². The lowest BCUT2D eigenvalue weighted by Gasteiger charge is -2.26. The number of nitrogens with one attached hydrogen (secondary N) is 1. The van der Waals surface area contributed by atoms with Gasteiger partial charge in [-0.3, -0.25) is 0 Å². The zero-order valence-corrected chi connectivity index (χ0v) is 19.1. The monoisotopic (exact) mass is 460 g/mol. The summed E-state index contributed by atoms with van der Waals surface area (Å²) < 4.78 is 13.6. The second-order valence-corrected chi connectivity index (χ2v) is 9.23. The predicted molar refractivity (Wildman–Crippen MR) is 131 cm³/mol. The van der Waals surface area contributed by atoms with Gasteiger partial charge >= 0.3 is 0 Å². The van der Waals surface area contributed by atoms with Crippen LogP contribution in [0.4, 0.5) is 9.52 Å². The molecule has 1 aliphatic rings. The first-order valence-electron chi connectivity index (χ1n) is 10.9. The molecule has 0 aliphatic carbocycles. The topological polar surface area (TPSA) is 80.0 Å². The number of anilines is 1. The Morgan fingerprint density at radius 3 is 2.45 bits per heavy atom. The standard InChI is InChI=1S/C25H25FN6S/c1-25(27,18-5-3-2-4-6-18)23-29-12-11-20(30-23)22-21(17-7-9-19(26)10-8-17)31-24(33-22)32-15-13-28-14-16-32/h2-12,28H,13-16,27H2,1H3/t25-/m0/s1. The van der Waals surface area contributed by atoms with E-state index in [-0.39, 0.29) is 5.82 Å². The maximum absolute atomic E-state index is 13.6. The fourth-order valence-electron chi connectivity index (χ4n) is 3.93. The Bertz CT molecular complexity index is 1230. The number of hydrogen-bond donors (Lipinski definition) is 2. The highest BCUT2D eigenvalue weighted by Crippen LogP contribution is 2.40. The summed E-state index contributed by atoms with van der Waals surface area (Å²) in [5.41, 5.74) is 9.18. The van der Waals surface area contributed by atoms with E-state index in [1.54, 1.807) is 29.7 Å². The van der Waals surface area contributed by atoms with Crippen molar-refractivity contribution < 1.29 is 4.39 Å². The lowest BCUT2D eigenvalue weighted by Crippen LogP contribution is -2.43. The molecule has 8 heteroatoms. The number of aromatic nitrogens is 3. The zero-order valence-electron chi connectivity index (χ0n) is 18.3. The van der Waals surface area contributed by atoms with Gasteiger partial charge in [-0.15, -0.1) is 0 Å². The summed E-state index contributed by atoms with van der Waals surface area (Å²) in [6.45, 7) is 5.53. The number of benzene rings is 2. The van der Waals surface area contributed by atoms with E-state index in [9.17, 15) is 4.39 Å². The number of halogens is 1. The van der Waals surface area contributed by atoms with Crippen molar-refractivity contribution in [3.05, 3.63) is 84.1 Å². The maximum Gasteiger partial charge on any atom is 0.186 e. The van der Waals surface area contributed by atoms with Crippen molar-refractivity contribution in [2.45, 2.75) is 12.5 Å². The smallest absolute Gasteiger partial charge is 0.186 e. The molecule has 0 unspecified atom stereocenters. The quantitative estimate of drug-likeness (QED) is 0.468. The van der Waals surface area contributed by atoms with Gasteiger partial charge in [0, 0.05) is 37.9 Å². The molecular weight excluding hydrogens is 435 g/mol. The van der Waals surface area contributed by atoms with Gasteiger partial charge in [0.25, 0.3) is 0 Å². The van der Waals surface area contributed by atoms with E-state index in [1.807, 2.05) is 43.3 Å². The van der Waals surface area contributed by atoms with Crippen molar-refractivity contribution in [1.82, 2.24) is 20.3 Å². The summed E-state index contributed by atoms with van der Waals surface area (Å²) in [5.74, 6) is 0.261. The van der Waals surface area contributed by atoms with Crippen LogP contribution in [0, 0.1) is 5.82 Å². The van der Waals surface area contributed by atoms with Crippen LogP contribution < -0.4 is 16.0 Å². The molecule has 0 radical (unpaired) electrons. The highest BCUT2D eigenvalue weighted by atomic mass is 32.1. The van der Waals surface area contributed by atoms with Gasteiger partial charge in [0.05, 0.1) is 21.8 Å². The molecule has 2 aromatic carbocycles. The van der Waals surface area contributed by atoms with Gasteiger partial charge in [-0.25, -0.2) is 19.3 Å². The molecule has 6 nitrogen and oxygen atoms in total. The Labute approximate surface area is 196 Å². The van der Waals surface area contributed by atoms with E-state index >= 15 is 0 Å². The van der Waals surface area contributed by atoms with Crippen molar-refractivity contribution in [3.63, 3.8) is 0 Å². The van der Waals surface area contributed by atoms with Crippen molar-refractivity contribution >= 4 is 16.5 Å². The van der Waals surface area contributed by atoms with E-state index < -0.39 is 5.54 Å². The van der Waals surface area contributed by atoms with Gasteiger partial charge < -0.3 is 16.0 Å². The Hall–Kier alpha value is -3.20. The molecule has 3 N–H and O–H groups in total. The van der Waals surface area contributed by atoms with Gasteiger partial charge in [0.1, 0.15) is 5.82 Å². The number of piperazine rings is 1. The van der Waals surface area contributed by atoms with Crippen LogP contribution in [-0.4, -0.2) is 41.1 Å². The molecule has 0 saturated carbocycles. The molecular formula is C25H25FN6S. The van der Waals surface area contributed by atoms with E-state index in [0.29, 0.717) is 5.82 Å². The molecule has 0 amide bonds. The minimum absolute atomic E-state index is 0.274. The van der Waals surface area contributed by atoms with E-state index in [1.165, 1.54) is 12.1 Å². The minimum atomic E-state index is -0.848.